The van der Waals surface area contributed by atoms with Crippen LogP contribution in [0.25, 0.3) is 0 Å². The minimum Gasteiger partial charge on any atom is -0.395 e. The number of amides is 1. The lowest BCUT2D eigenvalue weighted by Crippen LogP contribution is -2.50. The summed E-state index contributed by atoms with van der Waals surface area (Å²) in [4.78, 5) is 12.1. The molecule has 0 aromatic carbocycles. The molecule has 0 radical (unpaired) electrons. The summed E-state index contributed by atoms with van der Waals surface area (Å²) in [5, 5.41) is 8.60. The van der Waals surface area contributed by atoms with E-state index in [0.717, 1.165) is 0 Å². The predicted molar refractivity (Wildman–Crippen MR) is 52.5 cm³/mol. The first-order valence-electron chi connectivity index (χ1n) is 4.91. The van der Waals surface area contributed by atoms with Crippen LogP contribution in [0, 0.1) is 5.92 Å². The molecule has 96 valence electrons. The van der Waals surface area contributed by atoms with E-state index in [1.807, 2.05) is 0 Å². The van der Waals surface area contributed by atoms with Crippen molar-refractivity contribution in [1.82, 2.24) is 4.90 Å². The zero-order chi connectivity index (χ0) is 12.9. The summed E-state index contributed by atoms with van der Waals surface area (Å²) >= 11 is 0. The maximum Gasteiger partial charge on any atom is 0.406 e. The summed E-state index contributed by atoms with van der Waals surface area (Å²) in [6.07, 6.45) is -4.48. The van der Waals surface area contributed by atoms with E-state index in [2.05, 4.69) is 0 Å². The molecule has 1 unspecified atom stereocenters. The number of carbonyl (C=O) groups is 1. The molecule has 16 heavy (non-hydrogen) atoms. The third kappa shape index (κ3) is 5.32. The van der Waals surface area contributed by atoms with Gasteiger partial charge in [0.05, 0.1) is 12.6 Å². The molecular weight excluding hydrogens is 225 g/mol. The fourth-order valence-electron chi connectivity index (χ4n) is 1.10. The Kier molecular flexibility index (Phi) is 5.74. The van der Waals surface area contributed by atoms with E-state index in [-0.39, 0.29) is 12.5 Å². The lowest BCUT2D eigenvalue weighted by atomic mass is 10.0. The molecular formula is C9H17F3N2O2. The number of halogens is 3. The Balaban J connectivity index is 4.59. The van der Waals surface area contributed by atoms with Gasteiger partial charge in [-0.1, -0.05) is 13.8 Å². The Morgan fingerprint density at radius 3 is 2.25 bits per heavy atom. The van der Waals surface area contributed by atoms with Crippen LogP contribution in [0.5, 0.6) is 0 Å². The first kappa shape index (κ1) is 15.2. The van der Waals surface area contributed by atoms with E-state index in [1.54, 1.807) is 13.8 Å². The van der Waals surface area contributed by atoms with Crippen molar-refractivity contribution in [3.8, 4) is 0 Å². The first-order chi connectivity index (χ1) is 7.19. The van der Waals surface area contributed by atoms with E-state index in [0.29, 0.717) is 4.90 Å². The number of carbonyl (C=O) groups excluding carboxylic acids is 1. The molecule has 0 rings (SSSR count). The maximum absolute atomic E-state index is 12.1. The molecule has 7 heteroatoms. The fourth-order valence-corrected chi connectivity index (χ4v) is 1.10. The van der Waals surface area contributed by atoms with E-state index < -0.39 is 31.3 Å². The van der Waals surface area contributed by atoms with Gasteiger partial charge in [-0.2, -0.15) is 13.2 Å². The lowest BCUT2D eigenvalue weighted by Gasteiger charge is -2.27. The molecule has 0 saturated heterocycles. The second-order valence-electron chi connectivity index (χ2n) is 3.87. The number of alkyl halides is 3. The molecule has 3 N–H and O–H groups in total. The summed E-state index contributed by atoms with van der Waals surface area (Å²) < 4.78 is 36.4. The number of nitrogens with zero attached hydrogens (tertiary/aromatic N) is 1. The average molecular weight is 242 g/mol. The van der Waals surface area contributed by atoms with Gasteiger partial charge in [-0.15, -0.1) is 0 Å². The van der Waals surface area contributed by atoms with Gasteiger partial charge in [0.2, 0.25) is 5.91 Å². The Morgan fingerprint density at radius 2 is 1.94 bits per heavy atom. The van der Waals surface area contributed by atoms with Crippen LogP contribution in [0.1, 0.15) is 13.8 Å². The lowest BCUT2D eigenvalue weighted by molar-refractivity contribution is -0.163. The average Bonchev–Trinajstić information content (AvgIpc) is 2.12. The Bertz CT molecular complexity index is 231. The van der Waals surface area contributed by atoms with Gasteiger partial charge in [0, 0.05) is 6.54 Å². The number of hydrogen-bond acceptors (Lipinski definition) is 3. The van der Waals surface area contributed by atoms with Gasteiger partial charge < -0.3 is 15.7 Å². The zero-order valence-corrected chi connectivity index (χ0v) is 9.29. The van der Waals surface area contributed by atoms with Crippen LogP contribution in [0.15, 0.2) is 0 Å². The van der Waals surface area contributed by atoms with Gasteiger partial charge >= 0.3 is 6.18 Å². The van der Waals surface area contributed by atoms with Gasteiger partial charge in [-0.05, 0) is 5.92 Å². The molecule has 0 aliphatic rings. The Morgan fingerprint density at radius 1 is 1.44 bits per heavy atom. The summed E-state index contributed by atoms with van der Waals surface area (Å²) in [6.45, 7) is 1.03. The van der Waals surface area contributed by atoms with Gasteiger partial charge in [0.1, 0.15) is 6.54 Å². The molecule has 4 nitrogen and oxygen atoms in total. The van der Waals surface area contributed by atoms with Crippen molar-refractivity contribution >= 4 is 5.91 Å². The van der Waals surface area contributed by atoms with Crippen molar-refractivity contribution in [2.45, 2.75) is 26.1 Å². The largest absolute Gasteiger partial charge is 0.406 e. The summed E-state index contributed by atoms with van der Waals surface area (Å²) in [6, 6.07) is -0.978. The van der Waals surface area contributed by atoms with Crippen molar-refractivity contribution in [2.24, 2.45) is 11.7 Å². The van der Waals surface area contributed by atoms with Crippen molar-refractivity contribution in [2.75, 3.05) is 19.7 Å². The molecule has 0 aromatic rings. The highest BCUT2D eigenvalue weighted by Gasteiger charge is 2.34. The van der Waals surface area contributed by atoms with Crippen LogP contribution in [-0.4, -0.2) is 47.8 Å². The van der Waals surface area contributed by atoms with Gasteiger partial charge in [0.15, 0.2) is 0 Å². The summed E-state index contributed by atoms with van der Waals surface area (Å²) in [7, 11) is 0. The molecule has 0 spiro atoms. The molecule has 0 aliphatic carbocycles. The van der Waals surface area contributed by atoms with Crippen LogP contribution in [0.2, 0.25) is 0 Å². The van der Waals surface area contributed by atoms with Crippen molar-refractivity contribution in [3.05, 3.63) is 0 Å². The van der Waals surface area contributed by atoms with Gasteiger partial charge in [-0.25, -0.2) is 0 Å². The Labute approximate surface area is 92.2 Å². The van der Waals surface area contributed by atoms with E-state index in [9.17, 15) is 18.0 Å². The second-order valence-corrected chi connectivity index (χ2v) is 3.87. The second kappa shape index (κ2) is 6.05. The molecule has 0 bridgehead atoms. The number of rotatable bonds is 5. The number of aliphatic hydroxyl groups is 1. The van der Waals surface area contributed by atoms with Crippen molar-refractivity contribution in [3.63, 3.8) is 0 Å². The standard InChI is InChI=1S/C9H17F3N2O2/c1-6(2)7(13)8(16)14(3-4-15)5-9(10,11)12/h6-7,15H,3-5,13H2,1-2H3. The molecule has 1 atom stereocenters. The molecule has 0 heterocycles. The molecule has 1 amide bonds. The fraction of sp³-hybridized carbons (Fsp3) is 0.889. The highest BCUT2D eigenvalue weighted by atomic mass is 19.4. The van der Waals surface area contributed by atoms with Crippen LogP contribution >= 0.6 is 0 Å². The zero-order valence-electron chi connectivity index (χ0n) is 9.29. The minimum atomic E-state index is -4.48. The smallest absolute Gasteiger partial charge is 0.395 e. The predicted octanol–water partition coefficient (Wildman–Crippen LogP) is 0.353. The van der Waals surface area contributed by atoms with Crippen molar-refractivity contribution in [1.29, 1.82) is 0 Å². The summed E-state index contributed by atoms with van der Waals surface area (Å²) in [5.41, 5.74) is 5.47. The molecule has 0 aliphatic heterocycles. The van der Waals surface area contributed by atoms with Gasteiger partial charge in [-0.3, -0.25) is 4.79 Å². The van der Waals surface area contributed by atoms with E-state index >= 15 is 0 Å². The number of aliphatic hydroxyl groups excluding tert-OH is 1. The Hall–Kier alpha value is -0.820. The molecule has 0 aromatic heterocycles. The van der Waals surface area contributed by atoms with Crippen LogP contribution in [0.3, 0.4) is 0 Å². The topological polar surface area (TPSA) is 66.6 Å². The van der Waals surface area contributed by atoms with E-state index in [4.69, 9.17) is 10.8 Å². The van der Waals surface area contributed by atoms with Crippen LogP contribution in [0.4, 0.5) is 13.2 Å². The van der Waals surface area contributed by atoms with Gasteiger partial charge in [0.25, 0.3) is 0 Å². The minimum absolute atomic E-state index is 0.248. The molecule has 0 saturated carbocycles. The number of hydrogen-bond donors (Lipinski definition) is 2. The summed E-state index contributed by atoms with van der Waals surface area (Å²) in [5.74, 6) is -1.04. The first-order valence-corrected chi connectivity index (χ1v) is 4.91. The quantitative estimate of drug-likeness (QED) is 0.731. The van der Waals surface area contributed by atoms with E-state index in [1.165, 1.54) is 0 Å². The SMILES string of the molecule is CC(C)C(N)C(=O)N(CCO)CC(F)(F)F. The third-order valence-electron chi connectivity index (χ3n) is 2.06. The maximum atomic E-state index is 12.1. The number of nitrogens with two attached hydrogens (primary N) is 1. The molecule has 0 fully saturated rings. The normalized spacial score (nSPS) is 14.0. The van der Waals surface area contributed by atoms with Crippen LogP contribution < -0.4 is 5.73 Å². The van der Waals surface area contributed by atoms with Crippen molar-refractivity contribution < 1.29 is 23.1 Å². The monoisotopic (exact) mass is 242 g/mol. The third-order valence-corrected chi connectivity index (χ3v) is 2.06. The van der Waals surface area contributed by atoms with Crippen LogP contribution in [-0.2, 0) is 4.79 Å². The highest BCUT2D eigenvalue weighted by Crippen LogP contribution is 2.17. The highest BCUT2D eigenvalue weighted by molar-refractivity contribution is 5.82.